The quantitative estimate of drug-likeness (QED) is 0.781. The third-order valence-corrected chi connectivity index (χ3v) is 5.00. The van der Waals surface area contributed by atoms with Crippen LogP contribution >= 0.6 is 11.5 Å². The molecule has 0 fully saturated rings. The second-order valence-corrected chi connectivity index (χ2v) is 6.68. The number of nitrogens with one attached hydrogen (secondary N) is 1. The fraction of sp³-hybridized carbons (Fsp3) is 0.389. The molecule has 0 saturated heterocycles. The van der Waals surface area contributed by atoms with E-state index in [4.69, 9.17) is 9.47 Å². The zero-order chi connectivity index (χ0) is 19.3. The summed E-state index contributed by atoms with van der Waals surface area (Å²) in [5.41, 5.74) is 1.93. The highest BCUT2D eigenvalue weighted by atomic mass is 32.1. The van der Waals surface area contributed by atoms with Gasteiger partial charge >= 0.3 is 12.0 Å². The molecule has 1 N–H and O–H groups in total. The molecule has 1 atom stereocenters. The number of rotatable bonds is 6. The molecule has 1 heterocycles. The van der Waals surface area contributed by atoms with E-state index in [1.54, 1.807) is 26.0 Å². The lowest BCUT2D eigenvalue weighted by molar-refractivity contribution is 0.0601. The number of methoxy groups -OCH3 is 2. The maximum atomic E-state index is 12.5. The van der Waals surface area contributed by atoms with Gasteiger partial charge < -0.3 is 14.4 Å². The number of hydrogen-bond acceptors (Lipinski definition) is 6. The molecule has 7 nitrogen and oxygen atoms in total. The topological polar surface area (TPSA) is 80.8 Å². The van der Waals surface area contributed by atoms with Crippen LogP contribution in [0.4, 0.5) is 9.80 Å². The summed E-state index contributed by atoms with van der Waals surface area (Å²) in [5, 5.41) is 3.14. The van der Waals surface area contributed by atoms with Crippen molar-refractivity contribution in [3.63, 3.8) is 0 Å². The predicted octanol–water partition coefficient (Wildman–Crippen LogP) is 3.34. The number of ether oxygens (including phenoxy) is 2. The van der Waals surface area contributed by atoms with Gasteiger partial charge in [-0.1, -0.05) is 12.1 Å². The summed E-state index contributed by atoms with van der Waals surface area (Å²) >= 11 is 1.06. The highest BCUT2D eigenvalue weighted by Gasteiger charge is 2.23. The van der Waals surface area contributed by atoms with Gasteiger partial charge in [-0.2, -0.15) is 4.37 Å². The maximum Gasteiger partial charge on any atom is 0.342 e. The SMILES string of the molecule is COC(=O)c1c(C)nsc1NC(=O)N(C)[C@H](C)Cc1ccc(OC)cc1. The number of anilines is 1. The van der Waals surface area contributed by atoms with Crippen molar-refractivity contribution in [1.29, 1.82) is 0 Å². The van der Waals surface area contributed by atoms with Crippen molar-refractivity contribution in [2.24, 2.45) is 0 Å². The van der Waals surface area contributed by atoms with Crippen LogP contribution in [0.3, 0.4) is 0 Å². The number of amides is 2. The molecule has 0 spiro atoms. The summed E-state index contributed by atoms with van der Waals surface area (Å²) < 4.78 is 14.0. The molecular formula is C18H23N3O4S. The first-order valence-electron chi connectivity index (χ1n) is 8.08. The van der Waals surface area contributed by atoms with E-state index in [-0.39, 0.29) is 12.1 Å². The number of carbonyl (C=O) groups excluding carboxylic acids is 2. The summed E-state index contributed by atoms with van der Waals surface area (Å²) in [6.45, 7) is 3.66. The van der Waals surface area contributed by atoms with Crippen molar-refractivity contribution >= 4 is 28.5 Å². The highest BCUT2D eigenvalue weighted by Crippen LogP contribution is 2.25. The smallest absolute Gasteiger partial charge is 0.342 e. The molecule has 0 aliphatic rings. The number of hydrogen-bond donors (Lipinski definition) is 1. The van der Waals surface area contributed by atoms with Crippen LogP contribution in [0, 0.1) is 6.92 Å². The fourth-order valence-corrected chi connectivity index (χ4v) is 3.20. The number of esters is 1. The zero-order valence-corrected chi connectivity index (χ0v) is 16.3. The Morgan fingerprint density at radius 2 is 1.92 bits per heavy atom. The Bertz CT molecular complexity index is 773. The normalized spacial score (nSPS) is 11.6. The summed E-state index contributed by atoms with van der Waals surface area (Å²) in [6.07, 6.45) is 0.694. The van der Waals surface area contributed by atoms with Crippen molar-refractivity contribution in [3.8, 4) is 5.75 Å². The van der Waals surface area contributed by atoms with Gasteiger partial charge in [0.2, 0.25) is 0 Å². The molecule has 0 bridgehead atoms. The summed E-state index contributed by atoms with van der Waals surface area (Å²) in [6, 6.07) is 7.39. The Morgan fingerprint density at radius 3 is 2.50 bits per heavy atom. The van der Waals surface area contributed by atoms with Crippen LogP contribution in [0.5, 0.6) is 5.75 Å². The van der Waals surface area contributed by atoms with Gasteiger partial charge in [-0.05, 0) is 49.5 Å². The third-order valence-electron chi connectivity index (χ3n) is 4.14. The molecule has 0 aliphatic heterocycles. The minimum Gasteiger partial charge on any atom is -0.497 e. The lowest BCUT2D eigenvalue weighted by atomic mass is 10.1. The van der Waals surface area contributed by atoms with E-state index >= 15 is 0 Å². The van der Waals surface area contributed by atoms with Crippen molar-refractivity contribution in [2.45, 2.75) is 26.3 Å². The molecule has 140 valence electrons. The van der Waals surface area contributed by atoms with E-state index in [0.29, 0.717) is 22.7 Å². The maximum absolute atomic E-state index is 12.5. The first-order valence-corrected chi connectivity index (χ1v) is 8.86. The van der Waals surface area contributed by atoms with E-state index in [1.165, 1.54) is 7.11 Å². The zero-order valence-electron chi connectivity index (χ0n) is 15.5. The Balaban J connectivity index is 2.03. The van der Waals surface area contributed by atoms with Gasteiger partial charge in [0, 0.05) is 13.1 Å². The molecule has 0 unspecified atom stereocenters. The van der Waals surface area contributed by atoms with Crippen LogP contribution in [0.2, 0.25) is 0 Å². The molecule has 8 heteroatoms. The number of carbonyl (C=O) groups is 2. The molecule has 1 aromatic carbocycles. The molecule has 2 aromatic rings. The molecule has 0 saturated carbocycles. The molecule has 2 amide bonds. The Morgan fingerprint density at radius 1 is 1.27 bits per heavy atom. The largest absolute Gasteiger partial charge is 0.497 e. The molecule has 0 radical (unpaired) electrons. The minimum absolute atomic E-state index is 0.0426. The van der Waals surface area contributed by atoms with Crippen LogP contribution in [-0.4, -0.2) is 48.6 Å². The molecule has 0 aliphatic carbocycles. The lowest BCUT2D eigenvalue weighted by Gasteiger charge is -2.25. The van der Waals surface area contributed by atoms with Gasteiger partial charge in [-0.15, -0.1) is 0 Å². The summed E-state index contributed by atoms with van der Waals surface area (Å²) in [7, 11) is 4.64. The van der Waals surface area contributed by atoms with Crippen molar-refractivity contribution in [2.75, 3.05) is 26.6 Å². The standard InChI is InChI=1S/C18H23N3O4S/c1-11(10-13-6-8-14(24-4)9-7-13)21(3)18(23)19-16-15(17(22)25-5)12(2)20-26-16/h6-9,11H,10H2,1-5H3,(H,19,23)/t11-/m1/s1. The van der Waals surface area contributed by atoms with E-state index < -0.39 is 5.97 Å². The summed E-state index contributed by atoms with van der Waals surface area (Å²) in [5.74, 6) is 0.281. The Hall–Kier alpha value is -2.61. The van der Waals surface area contributed by atoms with Crippen molar-refractivity contribution in [1.82, 2.24) is 9.27 Å². The van der Waals surface area contributed by atoms with Gasteiger partial charge in [0.25, 0.3) is 0 Å². The van der Waals surface area contributed by atoms with Crippen LogP contribution in [-0.2, 0) is 11.2 Å². The van der Waals surface area contributed by atoms with Crippen LogP contribution in [0.25, 0.3) is 0 Å². The van der Waals surface area contributed by atoms with Gasteiger partial charge in [0.1, 0.15) is 16.3 Å². The first kappa shape index (κ1) is 19.7. The van der Waals surface area contributed by atoms with Gasteiger partial charge in [0.15, 0.2) is 0 Å². The first-order chi connectivity index (χ1) is 12.4. The van der Waals surface area contributed by atoms with Gasteiger partial charge in [-0.3, -0.25) is 5.32 Å². The van der Waals surface area contributed by atoms with Crippen LogP contribution < -0.4 is 10.1 Å². The number of aromatic nitrogens is 1. The van der Waals surface area contributed by atoms with Crippen molar-refractivity contribution in [3.05, 3.63) is 41.1 Å². The second kappa shape index (κ2) is 8.66. The van der Waals surface area contributed by atoms with Crippen LogP contribution in [0.1, 0.15) is 28.5 Å². The fourth-order valence-electron chi connectivity index (χ4n) is 2.42. The minimum atomic E-state index is -0.513. The van der Waals surface area contributed by atoms with Gasteiger partial charge in [0.05, 0.1) is 19.9 Å². The highest BCUT2D eigenvalue weighted by molar-refractivity contribution is 7.11. The monoisotopic (exact) mass is 377 g/mol. The number of likely N-dealkylation sites (N-methyl/N-ethyl adjacent to an activating group) is 1. The molecule has 2 rings (SSSR count). The van der Waals surface area contributed by atoms with Crippen LogP contribution in [0.15, 0.2) is 24.3 Å². The van der Waals surface area contributed by atoms with Gasteiger partial charge in [-0.25, -0.2) is 9.59 Å². The molecule has 1 aromatic heterocycles. The number of aryl methyl sites for hydroxylation is 1. The van der Waals surface area contributed by atoms with E-state index in [1.807, 2.05) is 31.2 Å². The Labute approximate surface area is 157 Å². The lowest BCUT2D eigenvalue weighted by Crippen LogP contribution is -2.39. The average molecular weight is 377 g/mol. The summed E-state index contributed by atoms with van der Waals surface area (Å²) in [4.78, 5) is 26.0. The predicted molar refractivity (Wildman–Crippen MR) is 101 cm³/mol. The van der Waals surface area contributed by atoms with Crippen molar-refractivity contribution < 1.29 is 19.1 Å². The van der Waals surface area contributed by atoms with E-state index in [2.05, 4.69) is 9.69 Å². The number of benzene rings is 1. The van der Waals surface area contributed by atoms with E-state index in [9.17, 15) is 9.59 Å². The number of urea groups is 1. The van der Waals surface area contributed by atoms with E-state index in [0.717, 1.165) is 22.8 Å². The second-order valence-electron chi connectivity index (χ2n) is 5.91. The number of nitrogens with zero attached hydrogens (tertiary/aromatic N) is 2. The Kier molecular flexibility index (Phi) is 6.57. The molecular weight excluding hydrogens is 354 g/mol. The molecule has 26 heavy (non-hydrogen) atoms. The third kappa shape index (κ3) is 4.51. The average Bonchev–Trinajstić information content (AvgIpc) is 3.01.